The van der Waals surface area contributed by atoms with Crippen molar-refractivity contribution in [1.29, 1.82) is 0 Å². The number of rotatable bonds is 10. The molecule has 0 aliphatic carbocycles. The second-order valence-electron chi connectivity index (χ2n) is 6.71. The molecule has 0 aromatic heterocycles. The van der Waals surface area contributed by atoms with E-state index in [4.69, 9.17) is 14.2 Å². The van der Waals surface area contributed by atoms with Gasteiger partial charge in [-0.1, -0.05) is 42.5 Å². The van der Waals surface area contributed by atoms with E-state index >= 15 is 0 Å². The summed E-state index contributed by atoms with van der Waals surface area (Å²) in [6.07, 6.45) is 0.837. The van der Waals surface area contributed by atoms with Gasteiger partial charge in [-0.3, -0.25) is 4.79 Å². The summed E-state index contributed by atoms with van der Waals surface area (Å²) in [5.41, 5.74) is 4.37. The van der Waals surface area contributed by atoms with Crippen LogP contribution in [0.3, 0.4) is 0 Å². The maximum atomic E-state index is 12.3. The molecule has 1 amide bonds. The summed E-state index contributed by atoms with van der Waals surface area (Å²) in [7, 11) is 0. The van der Waals surface area contributed by atoms with Crippen molar-refractivity contribution in [3.63, 3.8) is 0 Å². The van der Waals surface area contributed by atoms with E-state index in [1.54, 1.807) is 25.3 Å². The molecule has 6 nitrogen and oxygen atoms in total. The van der Waals surface area contributed by atoms with Crippen LogP contribution in [-0.4, -0.2) is 24.8 Å². The monoisotopic (exact) mass is 418 g/mol. The summed E-state index contributed by atoms with van der Waals surface area (Å²) < 4.78 is 17.0. The van der Waals surface area contributed by atoms with Gasteiger partial charge in [0, 0.05) is 5.56 Å². The zero-order chi connectivity index (χ0) is 21.9. The Morgan fingerprint density at radius 1 is 0.935 bits per heavy atom. The minimum atomic E-state index is -0.713. The highest BCUT2D eigenvalue weighted by Crippen LogP contribution is 2.20. The number of hydrazone groups is 1. The van der Waals surface area contributed by atoms with Crippen LogP contribution in [-0.2, 0) is 11.4 Å². The van der Waals surface area contributed by atoms with Crippen molar-refractivity contribution in [2.45, 2.75) is 26.6 Å². The average Bonchev–Trinajstić information content (AvgIpc) is 2.80. The largest absolute Gasteiger partial charge is 0.493 e. The van der Waals surface area contributed by atoms with Crippen molar-refractivity contribution in [3.8, 4) is 17.2 Å². The number of carbonyl (C=O) groups is 1. The third-order valence-electron chi connectivity index (χ3n) is 4.35. The molecule has 1 unspecified atom stereocenters. The highest BCUT2D eigenvalue weighted by molar-refractivity contribution is 5.86. The minimum Gasteiger partial charge on any atom is -0.493 e. The molecule has 3 rings (SSSR count). The summed E-state index contributed by atoms with van der Waals surface area (Å²) in [6, 6.07) is 24.6. The highest BCUT2D eigenvalue weighted by atomic mass is 16.5. The number of nitrogens with zero attached hydrogens (tertiary/aromatic N) is 1. The van der Waals surface area contributed by atoms with Gasteiger partial charge in [-0.15, -0.1) is 0 Å². The molecule has 0 radical (unpaired) electrons. The van der Waals surface area contributed by atoms with Crippen LogP contribution in [0.1, 0.15) is 25.0 Å². The van der Waals surface area contributed by atoms with E-state index in [9.17, 15) is 4.79 Å². The Bertz CT molecular complexity index is 988. The molecular formula is C25H26N2O4. The molecule has 160 valence electrons. The zero-order valence-electron chi connectivity index (χ0n) is 17.7. The summed E-state index contributed by atoms with van der Waals surface area (Å²) in [4.78, 5) is 12.3. The van der Waals surface area contributed by atoms with Crippen LogP contribution in [0.2, 0.25) is 0 Å². The number of carbonyl (C=O) groups excluding carboxylic acids is 1. The summed E-state index contributed by atoms with van der Waals surface area (Å²) >= 11 is 0. The lowest BCUT2D eigenvalue weighted by atomic mass is 10.2. The van der Waals surface area contributed by atoms with E-state index < -0.39 is 6.10 Å². The lowest BCUT2D eigenvalue weighted by Crippen LogP contribution is -2.33. The molecule has 0 saturated heterocycles. The molecule has 0 heterocycles. The third-order valence-corrected chi connectivity index (χ3v) is 4.35. The second kappa shape index (κ2) is 11.4. The molecule has 31 heavy (non-hydrogen) atoms. The second-order valence-corrected chi connectivity index (χ2v) is 6.71. The van der Waals surface area contributed by atoms with Gasteiger partial charge in [0.2, 0.25) is 0 Å². The standard InChI is InChI=1S/C25H26N2O4/c1-3-29-24-12-8-7-11-21(24)17-26-27-25(28)19(2)31-23-15-13-22(14-16-23)30-18-20-9-5-4-6-10-20/h4-17,19H,3,18H2,1-2H3,(H,27,28). The predicted octanol–water partition coefficient (Wildman–Crippen LogP) is 4.58. The Balaban J connectivity index is 1.48. The van der Waals surface area contributed by atoms with Crippen molar-refractivity contribution < 1.29 is 19.0 Å². The van der Waals surface area contributed by atoms with Crippen LogP contribution in [0.5, 0.6) is 17.2 Å². The Hall–Kier alpha value is -3.80. The quantitative estimate of drug-likeness (QED) is 0.386. The van der Waals surface area contributed by atoms with Gasteiger partial charge in [0.15, 0.2) is 6.10 Å². The van der Waals surface area contributed by atoms with E-state index in [2.05, 4.69) is 10.5 Å². The summed E-state index contributed by atoms with van der Waals surface area (Å²) in [5, 5.41) is 4.01. The van der Waals surface area contributed by atoms with E-state index in [0.29, 0.717) is 24.7 Å². The maximum absolute atomic E-state index is 12.3. The highest BCUT2D eigenvalue weighted by Gasteiger charge is 2.14. The van der Waals surface area contributed by atoms with Crippen LogP contribution in [0.25, 0.3) is 0 Å². The van der Waals surface area contributed by atoms with E-state index in [1.165, 1.54) is 0 Å². The van der Waals surface area contributed by atoms with Crippen molar-refractivity contribution in [1.82, 2.24) is 5.43 Å². The van der Waals surface area contributed by atoms with Crippen LogP contribution in [0.4, 0.5) is 0 Å². The first-order valence-electron chi connectivity index (χ1n) is 10.1. The van der Waals surface area contributed by atoms with Crippen molar-refractivity contribution in [3.05, 3.63) is 90.0 Å². The van der Waals surface area contributed by atoms with Crippen LogP contribution >= 0.6 is 0 Å². The SMILES string of the molecule is CCOc1ccccc1C=NNC(=O)C(C)Oc1ccc(OCc2ccccc2)cc1. The molecule has 0 fully saturated rings. The number of hydrogen-bond donors (Lipinski definition) is 1. The van der Waals surface area contributed by atoms with Gasteiger partial charge in [0.05, 0.1) is 12.8 Å². The molecule has 6 heteroatoms. The average molecular weight is 418 g/mol. The molecule has 0 bridgehead atoms. The fourth-order valence-corrected chi connectivity index (χ4v) is 2.74. The topological polar surface area (TPSA) is 69.2 Å². The molecule has 0 aliphatic rings. The Kier molecular flexibility index (Phi) is 8.05. The maximum Gasteiger partial charge on any atom is 0.280 e. The molecule has 0 spiro atoms. The van der Waals surface area contributed by atoms with Crippen molar-refractivity contribution in [2.24, 2.45) is 5.10 Å². The van der Waals surface area contributed by atoms with Gasteiger partial charge in [0.1, 0.15) is 23.9 Å². The van der Waals surface area contributed by atoms with Gasteiger partial charge in [-0.05, 0) is 55.8 Å². The van der Waals surface area contributed by atoms with E-state index in [0.717, 1.165) is 16.9 Å². The zero-order valence-corrected chi connectivity index (χ0v) is 17.7. The number of nitrogens with one attached hydrogen (secondary N) is 1. The van der Waals surface area contributed by atoms with Gasteiger partial charge in [-0.25, -0.2) is 5.43 Å². The number of amides is 1. The van der Waals surface area contributed by atoms with E-state index in [1.807, 2.05) is 73.7 Å². The lowest BCUT2D eigenvalue weighted by Gasteiger charge is -2.13. The summed E-state index contributed by atoms with van der Waals surface area (Å²) in [5.74, 6) is 1.66. The van der Waals surface area contributed by atoms with Crippen molar-refractivity contribution >= 4 is 12.1 Å². The number of benzene rings is 3. The van der Waals surface area contributed by atoms with Gasteiger partial charge < -0.3 is 14.2 Å². The number of hydrogen-bond acceptors (Lipinski definition) is 5. The Morgan fingerprint density at radius 2 is 1.61 bits per heavy atom. The number of ether oxygens (including phenoxy) is 3. The smallest absolute Gasteiger partial charge is 0.280 e. The molecule has 1 N–H and O–H groups in total. The number of para-hydroxylation sites is 1. The normalized spacial score (nSPS) is 11.7. The van der Waals surface area contributed by atoms with Crippen molar-refractivity contribution in [2.75, 3.05) is 6.61 Å². The third kappa shape index (κ3) is 6.89. The first-order chi connectivity index (χ1) is 15.2. The Morgan fingerprint density at radius 3 is 2.35 bits per heavy atom. The lowest BCUT2D eigenvalue weighted by molar-refractivity contribution is -0.127. The van der Waals surface area contributed by atoms with Gasteiger partial charge in [-0.2, -0.15) is 5.10 Å². The van der Waals surface area contributed by atoms with Gasteiger partial charge >= 0.3 is 0 Å². The molecule has 3 aromatic carbocycles. The first-order valence-corrected chi connectivity index (χ1v) is 10.1. The molecule has 1 atom stereocenters. The van der Waals surface area contributed by atoms with Crippen LogP contribution in [0, 0.1) is 0 Å². The summed E-state index contributed by atoms with van der Waals surface area (Å²) in [6.45, 7) is 4.62. The molecular weight excluding hydrogens is 392 g/mol. The molecule has 0 aliphatic heterocycles. The van der Waals surface area contributed by atoms with Crippen LogP contribution in [0.15, 0.2) is 84.0 Å². The first kappa shape index (κ1) is 21.9. The fraction of sp³-hybridized carbons (Fsp3) is 0.200. The van der Waals surface area contributed by atoms with E-state index in [-0.39, 0.29) is 5.91 Å². The minimum absolute atomic E-state index is 0.352. The molecule has 3 aromatic rings. The fourth-order valence-electron chi connectivity index (χ4n) is 2.74. The van der Waals surface area contributed by atoms with Gasteiger partial charge in [0.25, 0.3) is 5.91 Å². The predicted molar refractivity (Wildman–Crippen MR) is 121 cm³/mol. The molecule has 0 saturated carbocycles. The Labute approximate surface area is 182 Å². The van der Waals surface area contributed by atoms with Crippen LogP contribution < -0.4 is 19.6 Å².